The first-order valence-electron chi connectivity index (χ1n) is 19.8. The number of unbranched alkanes of at least 4 members (excludes halogenated alkanes) is 24. The summed E-state index contributed by atoms with van der Waals surface area (Å²) in [6, 6.07) is -1.27. The van der Waals surface area contributed by atoms with Gasteiger partial charge in [0.1, 0.15) is 6.04 Å². The lowest BCUT2D eigenvalue weighted by Gasteiger charge is -2.19. The van der Waals surface area contributed by atoms with Crippen LogP contribution in [0.1, 0.15) is 194 Å². The summed E-state index contributed by atoms with van der Waals surface area (Å²) in [6.45, 7) is 4.63. The van der Waals surface area contributed by atoms with Crippen molar-refractivity contribution >= 4 is 13.8 Å². The van der Waals surface area contributed by atoms with Gasteiger partial charge in [-0.3, -0.25) is 18.4 Å². The molecule has 0 radical (unpaired) electrons. The molecule has 0 aliphatic heterocycles. The molecule has 0 aliphatic rings. The Labute approximate surface area is 290 Å². The molecule has 7 nitrogen and oxygen atoms in total. The molecule has 0 spiro atoms. The summed E-state index contributed by atoms with van der Waals surface area (Å²) in [5, 5.41) is 9.06. The molecule has 0 heterocycles. The van der Waals surface area contributed by atoms with Crippen LogP contribution in [0.5, 0.6) is 0 Å². The third-order valence-electron chi connectivity index (χ3n) is 8.54. The van der Waals surface area contributed by atoms with Crippen molar-refractivity contribution < 1.29 is 28.0 Å². The average Bonchev–Trinajstić information content (AvgIpc) is 3.06. The number of hydrogen-bond acceptors (Lipinski definition) is 6. The Bertz CT molecular complexity index is 727. The Hall–Kier alpha value is -0.980. The highest BCUT2D eigenvalue weighted by Crippen LogP contribution is 2.49. The van der Waals surface area contributed by atoms with Gasteiger partial charge in [-0.1, -0.05) is 154 Å². The van der Waals surface area contributed by atoms with Crippen LogP contribution in [0.4, 0.5) is 0 Å². The molecule has 47 heavy (non-hydrogen) atoms. The number of phosphoric ester groups is 1. The van der Waals surface area contributed by atoms with Gasteiger partial charge >= 0.3 is 13.8 Å². The molecule has 0 aromatic rings. The van der Waals surface area contributed by atoms with E-state index >= 15 is 0 Å². The highest BCUT2D eigenvalue weighted by atomic mass is 31.2. The number of hydrogen-bond donors (Lipinski definition) is 2. The lowest BCUT2D eigenvalue weighted by molar-refractivity contribution is -0.139. The highest BCUT2D eigenvalue weighted by Gasteiger charge is 2.28. The van der Waals surface area contributed by atoms with E-state index in [-0.39, 0.29) is 13.2 Å². The van der Waals surface area contributed by atoms with Crippen molar-refractivity contribution in [2.75, 3.05) is 19.8 Å². The fourth-order valence-corrected chi connectivity index (χ4v) is 6.68. The van der Waals surface area contributed by atoms with Crippen molar-refractivity contribution in [2.45, 2.75) is 200 Å². The number of allylic oxidation sites excluding steroid dienone is 4. The first-order valence-corrected chi connectivity index (χ1v) is 21.2. The van der Waals surface area contributed by atoms with Gasteiger partial charge < -0.3 is 10.8 Å². The Kier molecular flexibility index (Phi) is 35.5. The van der Waals surface area contributed by atoms with E-state index in [9.17, 15) is 9.36 Å². The quantitative estimate of drug-likeness (QED) is 0.0378. The molecule has 1 atom stereocenters. The molecule has 0 unspecified atom stereocenters. The van der Waals surface area contributed by atoms with Crippen LogP contribution in [0.15, 0.2) is 24.3 Å². The maximum Gasteiger partial charge on any atom is 0.474 e. The number of carboxylic acids is 1. The van der Waals surface area contributed by atoms with Gasteiger partial charge in [0, 0.05) is 0 Å². The molecule has 3 N–H and O–H groups in total. The number of nitrogens with two attached hydrogens (primary N) is 1. The zero-order chi connectivity index (χ0) is 34.5. The van der Waals surface area contributed by atoms with Crippen LogP contribution in [-0.4, -0.2) is 36.9 Å². The topological polar surface area (TPSA) is 108 Å². The number of rotatable bonds is 38. The molecule has 0 rings (SSSR count). The van der Waals surface area contributed by atoms with Crippen LogP contribution in [0, 0.1) is 0 Å². The van der Waals surface area contributed by atoms with Crippen molar-refractivity contribution in [3.63, 3.8) is 0 Å². The molecule has 0 aromatic heterocycles. The summed E-state index contributed by atoms with van der Waals surface area (Å²) in [4.78, 5) is 11.1. The summed E-state index contributed by atoms with van der Waals surface area (Å²) in [7, 11) is -3.85. The van der Waals surface area contributed by atoms with Crippen molar-refractivity contribution in [1.29, 1.82) is 0 Å². The summed E-state index contributed by atoms with van der Waals surface area (Å²) < 4.78 is 29.5. The molecule has 0 amide bonds. The van der Waals surface area contributed by atoms with Gasteiger partial charge in [0.25, 0.3) is 0 Å². The minimum absolute atomic E-state index is 0.258. The molecule has 0 saturated carbocycles. The van der Waals surface area contributed by atoms with Crippen LogP contribution in [0.2, 0.25) is 0 Å². The van der Waals surface area contributed by atoms with Gasteiger partial charge in [0.2, 0.25) is 0 Å². The lowest BCUT2D eigenvalue weighted by Crippen LogP contribution is -2.34. The Morgan fingerprint density at radius 1 is 0.532 bits per heavy atom. The second-order valence-electron chi connectivity index (χ2n) is 13.2. The minimum atomic E-state index is -3.85. The Balaban J connectivity index is 3.93. The molecule has 0 saturated heterocycles. The molecule has 0 aromatic carbocycles. The van der Waals surface area contributed by atoms with Crippen molar-refractivity contribution in [3.05, 3.63) is 24.3 Å². The summed E-state index contributed by atoms with van der Waals surface area (Å²) >= 11 is 0. The maximum atomic E-state index is 13.1. The van der Waals surface area contributed by atoms with Gasteiger partial charge in [0.15, 0.2) is 0 Å². The minimum Gasteiger partial charge on any atom is -0.480 e. The maximum absolute atomic E-state index is 13.1. The summed E-state index contributed by atoms with van der Waals surface area (Å²) in [6.07, 6.45) is 43.3. The van der Waals surface area contributed by atoms with Crippen LogP contribution in [0.3, 0.4) is 0 Å². The van der Waals surface area contributed by atoms with Crippen molar-refractivity contribution in [1.82, 2.24) is 0 Å². The molecular formula is C39H76NO6P. The zero-order valence-corrected chi connectivity index (χ0v) is 31.7. The number of carbonyl (C=O) groups is 1. The zero-order valence-electron chi connectivity index (χ0n) is 30.8. The van der Waals surface area contributed by atoms with Crippen LogP contribution in [0.25, 0.3) is 0 Å². The summed E-state index contributed by atoms with van der Waals surface area (Å²) in [5.74, 6) is -1.21. The third-order valence-corrected chi connectivity index (χ3v) is 10.0. The second-order valence-corrected chi connectivity index (χ2v) is 14.9. The van der Waals surface area contributed by atoms with E-state index in [4.69, 9.17) is 24.4 Å². The summed E-state index contributed by atoms with van der Waals surface area (Å²) in [5.41, 5.74) is 5.55. The molecule has 8 heteroatoms. The van der Waals surface area contributed by atoms with Crippen molar-refractivity contribution in [3.8, 4) is 0 Å². The van der Waals surface area contributed by atoms with Crippen LogP contribution < -0.4 is 5.73 Å². The predicted molar refractivity (Wildman–Crippen MR) is 200 cm³/mol. The number of carboxylic acid groups (broad SMARTS) is 1. The van der Waals surface area contributed by atoms with Gasteiger partial charge in [-0.05, 0) is 64.2 Å². The van der Waals surface area contributed by atoms with E-state index in [1.807, 2.05) is 0 Å². The number of aliphatic carboxylic acids is 1. The van der Waals surface area contributed by atoms with Gasteiger partial charge in [-0.15, -0.1) is 0 Å². The lowest BCUT2D eigenvalue weighted by atomic mass is 10.1. The third kappa shape index (κ3) is 34.7. The standard InChI is InChI=1S/C39H76NO6P/c1-3-5-7-9-11-13-15-17-19-21-23-25-27-29-31-33-35-44-47(43,46-37-38(40)39(41)42)45-36-34-32-30-28-26-24-22-20-18-16-14-12-10-8-6-4-2/h17-20,38H,3-16,21-37,40H2,1-2H3,(H,41,42)/t38-,47?/m0/s1. The Morgan fingerprint density at radius 3 is 1.15 bits per heavy atom. The molecule has 0 fully saturated rings. The smallest absolute Gasteiger partial charge is 0.474 e. The molecule has 0 bridgehead atoms. The first kappa shape index (κ1) is 46.0. The van der Waals surface area contributed by atoms with E-state index < -0.39 is 26.4 Å². The Morgan fingerprint density at radius 2 is 0.830 bits per heavy atom. The predicted octanol–water partition coefficient (Wildman–Crippen LogP) is 12.6. The van der Waals surface area contributed by atoms with Gasteiger partial charge in [-0.2, -0.15) is 0 Å². The van der Waals surface area contributed by atoms with Gasteiger partial charge in [-0.25, -0.2) is 4.57 Å². The van der Waals surface area contributed by atoms with E-state index in [0.717, 1.165) is 51.4 Å². The van der Waals surface area contributed by atoms with E-state index in [1.54, 1.807) is 0 Å². The molecule has 278 valence electrons. The van der Waals surface area contributed by atoms with Crippen LogP contribution in [-0.2, 0) is 22.9 Å². The van der Waals surface area contributed by atoms with Crippen molar-refractivity contribution in [2.24, 2.45) is 5.73 Å². The number of phosphoric acid groups is 1. The van der Waals surface area contributed by atoms with Gasteiger partial charge in [0.05, 0.1) is 19.8 Å². The first-order chi connectivity index (χ1) is 22.9. The largest absolute Gasteiger partial charge is 0.480 e. The monoisotopic (exact) mass is 686 g/mol. The van der Waals surface area contributed by atoms with E-state index in [0.29, 0.717) is 0 Å². The molecular weight excluding hydrogens is 609 g/mol. The fraction of sp³-hybridized carbons (Fsp3) is 0.872. The SMILES string of the molecule is CCCCCCCCC=CCCCCCCCCOP(=O)(OCCCCCCCCC=CCCCCCCCC)OC[C@H](N)C(=O)O. The second kappa shape index (κ2) is 36.3. The van der Waals surface area contributed by atoms with E-state index in [2.05, 4.69) is 38.2 Å². The van der Waals surface area contributed by atoms with Crippen LogP contribution >= 0.6 is 7.82 Å². The fourth-order valence-electron chi connectivity index (χ4n) is 5.41. The normalized spacial score (nSPS) is 13.9. The molecule has 0 aliphatic carbocycles. The highest BCUT2D eigenvalue weighted by molar-refractivity contribution is 7.48. The van der Waals surface area contributed by atoms with E-state index in [1.165, 1.54) is 128 Å². The average molecular weight is 686 g/mol.